The zero-order valence-electron chi connectivity index (χ0n) is 17.7. The maximum atomic E-state index is 9.92. The molecular formula is C24H42O3. The van der Waals surface area contributed by atoms with Gasteiger partial charge >= 0.3 is 11.9 Å². The van der Waals surface area contributed by atoms with Crippen LogP contribution in [0.2, 0.25) is 0 Å². The lowest BCUT2D eigenvalue weighted by molar-refractivity contribution is -0.150. The fraction of sp³-hybridized carbons (Fsp3) is 0.667. The van der Waals surface area contributed by atoms with Gasteiger partial charge in [-0.1, -0.05) is 96.5 Å². The minimum atomic E-state index is -0.579. The van der Waals surface area contributed by atoms with E-state index in [0.29, 0.717) is 0 Å². The second-order valence-electron chi connectivity index (χ2n) is 6.75. The highest BCUT2D eigenvalue weighted by atomic mass is 16.6. The van der Waals surface area contributed by atoms with Crippen molar-refractivity contribution in [3.63, 3.8) is 0 Å². The third-order valence-electron chi connectivity index (χ3n) is 4.32. The van der Waals surface area contributed by atoms with Crippen molar-refractivity contribution >= 4 is 11.9 Å². The Morgan fingerprint density at radius 3 is 1.30 bits per heavy atom. The molecule has 1 aliphatic rings. The van der Waals surface area contributed by atoms with Gasteiger partial charge in [-0.05, 0) is 12.8 Å². The molecule has 1 rings (SSSR count). The van der Waals surface area contributed by atoms with Gasteiger partial charge in [-0.25, -0.2) is 9.59 Å². The van der Waals surface area contributed by atoms with E-state index in [0.717, 1.165) is 12.2 Å². The van der Waals surface area contributed by atoms with E-state index in [2.05, 4.69) is 31.4 Å². The first-order valence-electron chi connectivity index (χ1n) is 10.8. The number of hydrogen-bond acceptors (Lipinski definition) is 3. The van der Waals surface area contributed by atoms with Crippen LogP contribution in [0.4, 0.5) is 0 Å². The van der Waals surface area contributed by atoms with Gasteiger partial charge in [0.1, 0.15) is 0 Å². The first kappa shape index (κ1) is 27.6. The first-order valence-corrected chi connectivity index (χ1v) is 10.8. The topological polar surface area (TPSA) is 43.4 Å². The first-order chi connectivity index (χ1) is 13.2. The summed E-state index contributed by atoms with van der Waals surface area (Å²) in [4.78, 5) is 19.8. The highest BCUT2D eigenvalue weighted by Gasteiger charge is 2.10. The van der Waals surface area contributed by atoms with Crippen LogP contribution in [0.3, 0.4) is 0 Å². The van der Waals surface area contributed by atoms with E-state index in [4.69, 9.17) is 0 Å². The van der Waals surface area contributed by atoms with Gasteiger partial charge in [0.25, 0.3) is 0 Å². The Hall–Kier alpha value is -1.64. The zero-order chi connectivity index (χ0) is 20.6. The van der Waals surface area contributed by atoms with Crippen LogP contribution in [0.15, 0.2) is 38.0 Å². The number of allylic oxidation sites excluding steroid dienone is 1. The van der Waals surface area contributed by atoms with Crippen molar-refractivity contribution in [2.75, 3.05) is 0 Å². The summed E-state index contributed by atoms with van der Waals surface area (Å²) in [6.45, 7) is 12.0. The van der Waals surface area contributed by atoms with Crippen LogP contribution in [-0.2, 0) is 14.3 Å². The van der Waals surface area contributed by atoms with Crippen LogP contribution in [-0.4, -0.2) is 11.9 Å². The molecule has 0 N–H and O–H groups in total. The Balaban J connectivity index is 0. The Morgan fingerprint density at radius 2 is 1.04 bits per heavy atom. The highest BCUT2D eigenvalue weighted by Crippen LogP contribution is 2.13. The zero-order valence-corrected chi connectivity index (χ0v) is 17.7. The van der Waals surface area contributed by atoms with Gasteiger partial charge in [-0.15, -0.1) is 19.7 Å². The van der Waals surface area contributed by atoms with Crippen molar-refractivity contribution in [2.45, 2.75) is 103 Å². The number of ether oxygens (including phenoxy) is 1. The van der Waals surface area contributed by atoms with E-state index in [1.54, 1.807) is 0 Å². The van der Waals surface area contributed by atoms with Crippen molar-refractivity contribution in [3.8, 4) is 0 Å². The van der Waals surface area contributed by atoms with Gasteiger partial charge in [0, 0.05) is 12.2 Å². The molecule has 0 unspecified atom stereocenters. The van der Waals surface area contributed by atoms with E-state index >= 15 is 0 Å². The number of rotatable bonds is 15. The molecule has 0 aromatic carbocycles. The van der Waals surface area contributed by atoms with E-state index in [-0.39, 0.29) is 0 Å². The second kappa shape index (κ2) is 24.4. The maximum absolute atomic E-state index is 9.92. The van der Waals surface area contributed by atoms with E-state index in [1.807, 2.05) is 6.08 Å². The maximum Gasteiger partial charge on any atom is 0.338 e. The Labute approximate surface area is 168 Å². The van der Waals surface area contributed by atoms with Gasteiger partial charge in [0.05, 0.1) is 0 Å². The summed E-state index contributed by atoms with van der Waals surface area (Å²) >= 11 is 0. The average Bonchev–Trinajstić information content (AvgIpc) is 3.07. The number of esters is 2. The summed E-state index contributed by atoms with van der Waals surface area (Å²) in [6, 6.07) is 0. The summed E-state index contributed by atoms with van der Waals surface area (Å²) < 4.78 is 3.97. The lowest BCUT2D eigenvalue weighted by Gasteiger charge is -2.02. The summed E-state index contributed by atoms with van der Waals surface area (Å²) in [5, 5.41) is 0. The van der Waals surface area contributed by atoms with Crippen LogP contribution in [0.1, 0.15) is 103 Å². The third kappa shape index (κ3) is 24.4. The molecule has 0 spiro atoms. The number of carbonyl (C=O) groups is 2. The van der Waals surface area contributed by atoms with Crippen LogP contribution in [0.5, 0.6) is 0 Å². The monoisotopic (exact) mass is 378 g/mol. The average molecular weight is 379 g/mol. The van der Waals surface area contributed by atoms with Gasteiger partial charge < -0.3 is 4.74 Å². The van der Waals surface area contributed by atoms with Crippen LogP contribution in [0, 0.1) is 0 Å². The van der Waals surface area contributed by atoms with Crippen molar-refractivity contribution in [2.24, 2.45) is 0 Å². The molecule has 0 amide bonds. The standard InChI is InChI=1S/C18H36.C4H2O3.C2H4/c1-3-5-7-9-11-13-15-17-18-16-14-12-10-8-6-4-2;5-3-1-2-4(6)7-3;1-2/h3H,1,4-18H2,2H3;1-2H;1-2H2. The smallest absolute Gasteiger partial charge is 0.338 e. The molecule has 1 heterocycles. The molecule has 0 atom stereocenters. The molecule has 3 heteroatoms. The Morgan fingerprint density at radius 1 is 0.704 bits per heavy atom. The molecular weight excluding hydrogens is 336 g/mol. The molecule has 0 aromatic rings. The molecule has 27 heavy (non-hydrogen) atoms. The Kier molecular flexibility index (Phi) is 24.9. The van der Waals surface area contributed by atoms with Gasteiger partial charge in [-0.2, -0.15) is 0 Å². The largest absolute Gasteiger partial charge is 0.387 e. The molecule has 0 aliphatic carbocycles. The number of hydrogen-bond donors (Lipinski definition) is 0. The van der Waals surface area contributed by atoms with Gasteiger partial charge in [0.15, 0.2) is 0 Å². The van der Waals surface area contributed by atoms with Gasteiger partial charge in [-0.3, -0.25) is 0 Å². The van der Waals surface area contributed by atoms with E-state index in [1.165, 1.54) is 96.3 Å². The Bertz CT molecular complexity index is 369. The predicted molar refractivity (Wildman–Crippen MR) is 117 cm³/mol. The van der Waals surface area contributed by atoms with Crippen LogP contribution >= 0.6 is 0 Å². The summed E-state index contributed by atoms with van der Waals surface area (Å²) in [6.07, 6.45) is 25.6. The summed E-state index contributed by atoms with van der Waals surface area (Å²) in [5.74, 6) is -1.16. The fourth-order valence-corrected chi connectivity index (χ4v) is 2.79. The van der Waals surface area contributed by atoms with Crippen molar-refractivity contribution in [1.29, 1.82) is 0 Å². The molecule has 0 fully saturated rings. The van der Waals surface area contributed by atoms with Gasteiger partial charge in [0.2, 0.25) is 0 Å². The lowest BCUT2D eigenvalue weighted by Crippen LogP contribution is -1.96. The predicted octanol–water partition coefficient (Wildman–Crippen LogP) is 7.47. The normalized spacial score (nSPS) is 11.9. The minimum Gasteiger partial charge on any atom is -0.387 e. The lowest BCUT2D eigenvalue weighted by atomic mass is 10.0. The number of unbranched alkanes of at least 4 members (excludes halogenated alkanes) is 14. The molecule has 0 bridgehead atoms. The molecule has 0 aromatic heterocycles. The quantitative estimate of drug-likeness (QED) is 0.128. The number of carbonyl (C=O) groups excluding carboxylic acids is 2. The molecule has 156 valence electrons. The molecule has 3 nitrogen and oxygen atoms in total. The number of cyclic esters (lactones) is 2. The van der Waals surface area contributed by atoms with E-state index in [9.17, 15) is 9.59 Å². The van der Waals surface area contributed by atoms with Crippen LogP contribution < -0.4 is 0 Å². The van der Waals surface area contributed by atoms with Crippen molar-refractivity contribution in [1.82, 2.24) is 0 Å². The molecule has 0 radical (unpaired) electrons. The molecule has 0 saturated carbocycles. The highest BCUT2D eigenvalue weighted by molar-refractivity contribution is 6.04. The van der Waals surface area contributed by atoms with Crippen molar-refractivity contribution < 1.29 is 14.3 Å². The van der Waals surface area contributed by atoms with Crippen molar-refractivity contribution in [3.05, 3.63) is 38.0 Å². The SMILES string of the molecule is C=C.C=CCCCCCCCCCCCCCCCC.O=C1C=CC(=O)O1. The fourth-order valence-electron chi connectivity index (χ4n) is 2.79. The molecule has 0 saturated heterocycles. The summed E-state index contributed by atoms with van der Waals surface area (Å²) in [5.41, 5.74) is 0. The van der Waals surface area contributed by atoms with E-state index < -0.39 is 11.9 Å². The van der Waals surface area contributed by atoms with Crippen LogP contribution in [0.25, 0.3) is 0 Å². The molecule has 1 aliphatic heterocycles. The minimum absolute atomic E-state index is 0.579. The second-order valence-corrected chi connectivity index (χ2v) is 6.75. The summed E-state index contributed by atoms with van der Waals surface area (Å²) in [7, 11) is 0. The third-order valence-corrected chi connectivity index (χ3v) is 4.32.